The summed E-state index contributed by atoms with van der Waals surface area (Å²) in [6.07, 6.45) is 1.59. The van der Waals surface area contributed by atoms with Crippen LogP contribution < -0.4 is 10.6 Å². The highest BCUT2D eigenvalue weighted by atomic mass is 16.5. The number of nitrogens with two attached hydrogens (primary N) is 1. The molecule has 0 fully saturated rings. The van der Waals surface area contributed by atoms with Crippen LogP contribution >= 0.6 is 0 Å². The largest absolute Gasteiger partial charge is 0.380 e. The van der Waals surface area contributed by atoms with Crippen LogP contribution in [0.2, 0.25) is 0 Å². The summed E-state index contributed by atoms with van der Waals surface area (Å²) in [5, 5.41) is 0. The molecule has 150 valence electrons. The molecule has 1 aliphatic heterocycles. The molecule has 1 amide bonds. The highest BCUT2D eigenvalue weighted by Crippen LogP contribution is 2.26. The molecule has 0 radical (unpaired) electrons. The number of benzene rings is 2. The second-order valence-electron chi connectivity index (χ2n) is 6.95. The number of hydrogen-bond donors (Lipinski definition) is 1. The zero-order valence-electron chi connectivity index (χ0n) is 16.5. The van der Waals surface area contributed by atoms with Crippen LogP contribution in [0.4, 0.5) is 5.69 Å². The predicted octanol–water partition coefficient (Wildman–Crippen LogP) is 3.04. The highest BCUT2D eigenvalue weighted by Gasteiger charge is 2.21. The molecular formula is C24H26N2O3. The fraction of sp³-hybridized carbons (Fsp3) is 0.333. The first-order valence-electron chi connectivity index (χ1n) is 9.98. The van der Waals surface area contributed by atoms with Crippen molar-refractivity contribution in [2.45, 2.75) is 32.2 Å². The van der Waals surface area contributed by atoms with Crippen LogP contribution in [-0.4, -0.2) is 31.4 Å². The van der Waals surface area contributed by atoms with E-state index in [1.807, 2.05) is 48.5 Å². The Morgan fingerprint density at radius 1 is 0.931 bits per heavy atom. The van der Waals surface area contributed by atoms with Gasteiger partial charge in [-0.05, 0) is 30.2 Å². The predicted molar refractivity (Wildman–Crippen MR) is 113 cm³/mol. The van der Waals surface area contributed by atoms with Gasteiger partial charge in [0, 0.05) is 36.9 Å². The fourth-order valence-electron chi connectivity index (χ4n) is 3.28. The van der Waals surface area contributed by atoms with Gasteiger partial charge in [-0.1, -0.05) is 42.2 Å². The Morgan fingerprint density at radius 2 is 1.66 bits per heavy atom. The number of anilines is 1. The van der Waals surface area contributed by atoms with Crippen molar-refractivity contribution in [3.63, 3.8) is 0 Å². The second kappa shape index (κ2) is 10.6. The molecule has 3 rings (SSSR count). The number of nitrogens with zero attached hydrogens (tertiary/aromatic N) is 1. The minimum absolute atomic E-state index is 0.00290. The van der Waals surface area contributed by atoms with Gasteiger partial charge >= 0.3 is 0 Å². The fourth-order valence-corrected chi connectivity index (χ4v) is 3.28. The van der Waals surface area contributed by atoms with Gasteiger partial charge in [-0.3, -0.25) is 9.59 Å². The van der Waals surface area contributed by atoms with Gasteiger partial charge < -0.3 is 15.4 Å². The lowest BCUT2D eigenvalue weighted by Gasteiger charge is -2.26. The van der Waals surface area contributed by atoms with Crippen molar-refractivity contribution in [1.82, 2.24) is 0 Å². The number of Topliss-reactive ketones (excluding diaryl/α,β-unsaturated/α-hetero) is 1. The minimum Gasteiger partial charge on any atom is -0.380 e. The van der Waals surface area contributed by atoms with E-state index in [2.05, 4.69) is 11.8 Å². The monoisotopic (exact) mass is 390 g/mol. The van der Waals surface area contributed by atoms with E-state index in [4.69, 9.17) is 10.5 Å². The van der Waals surface area contributed by atoms with E-state index in [1.165, 1.54) is 0 Å². The molecule has 0 bridgehead atoms. The summed E-state index contributed by atoms with van der Waals surface area (Å²) in [6.45, 7) is 1.78. The Hall–Kier alpha value is -2.94. The Kier molecular flexibility index (Phi) is 7.57. The van der Waals surface area contributed by atoms with Crippen molar-refractivity contribution in [2.75, 3.05) is 24.7 Å². The van der Waals surface area contributed by atoms with Crippen molar-refractivity contribution in [3.05, 3.63) is 65.2 Å². The lowest BCUT2D eigenvalue weighted by molar-refractivity contribution is -0.120. The first-order valence-corrected chi connectivity index (χ1v) is 9.98. The van der Waals surface area contributed by atoms with E-state index in [0.29, 0.717) is 52.0 Å². The normalized spacial score (nSPS) is 12.1. The minimum atomic E-state index is 0.00290. The lowest BCUT2D eigenvalue weighted by Crippen LogP contribution is -2.31. The van der Waals surface area contributed by atoms with Crippen molar-refractivity contribution in [2.24, 2.45) is 5.73 Å². The molecule has 5 heteroatoms. The molecule has 0 aliphatic carbocycles. The molecule has 0 atom stereocenters. The van der Waals surface area contributed by atoms with Gasteiger partial charge in [0.1, 0.15) is 5.78 Å². The summed E-state index contributed by atoms with van der Waals surface area (Å²) >= 11 is 0. The molecule has 2 aromatic rings. The number of carbonyl (C=O) groups excluding carboxylic acids is 2. The van der Waals surface area contributed by atoms with E-state index in [1.54, 1.807) is 4.90 Å². The number of para-hydroxylation sites is 1. The summed E-state index contributed by atoms with van der Waals surface area (Å²) in [6, 6.07) is 15.6. The third kappa shape index (κ3) is 5.77. The molecule has 0 saturated heterocycles. The molecule has 1 aliphatic rings. The standard InChI is InChI=1S/C24H26N2O3/c25-15-17-29-16-14-22(27)9-5-11-24(28)26-18-21-8-2-1-6-19(21)12-13-20-7-3-4-10-23(20)26/h1-4,6-8,10H,5,9,11,14-18,25H2. The maximum absolute atomic E-state index is 13.0. The molecule has 0 spiro atoms. The maximum Gasteiger partial charge on any atom is 0.227 e. The Balaban J connectivity index is 1.65. The Bertz CT molecular complexity index is 927. The number of amides is 1. The topological polar surface area (TPSA) is 72.6 Å². The van der Waals surface area contributed by atoms with Gasteiger partial charge in [0.2, 0.25) is 5.91 Å². The smallest absolute Gasteiger partial charge is 0.227 e. The molecule has 2 N–H and O–H groups in total. The van der Waals surface area contributed by atoms with E-state index < -0.39 is 0 Å². The van der Waals surface area contributed by atoms with Crippen molar-refractivity contribution in [1.29, 1.82) is 0 Å². The van der Waals surface area contributed by atoms with Crippen LogP contribution in [0.5, 0.6) is 0 Å². The van der Waals surface area contributed by atoms with Gasteiger partial charge in [-0.2, -0.15) is 0 Å². The third-order valence-electron chi connectivity index (χ3n) is 4.81. The quantitative estimate of drug-likeness (QED) is 0.528. The van der Waals surface area contributed by atoms with E-state index in [0.717, 1.165) is 22.4 Å². The van der Waals surface area contributed by atoms with Crippen molar-refractivity contribution >= 4 is 17.4 Å². The van der Waals surface area contributed by atoms with Gasteiger partial charge in [0.15, 0.2) is 0 Å². The molecule has 1 heterocycles. The van der Waals surface area contributed by atoms with Gasteiger partial charge in [0.05, 0.1) is 25.4 Å². The average Bonchev–Trinajstić information content (AvgIpc) is 2.73. The van der Waals surface area contributed by atoms with Crippen LogP contribution in [0.1, 0.15) is 42.4 Å². The molecule has 0 saturated carbocycles. The number of carbonyl (C=O) groups is 2. The summed E-state index contributed by atoms with van der Waals surface area (Å²) in [5.41, 5.74) is 8.97. The lowest BCUT2D eigenvalue weighted by atomic mass is 10.0. The number of ether oxygens (including phenoxy) is 1. The summed E-state index contributed by atoms with van der Waals surface area (Å²) < 4.78 is 5.24. The maximum atomic E-state index is 13.0. The summed E-state index contributed by atoms with van der Waals surface area (Å²) in [5.74, 6) is 6.52. The second-order valence-corrected chi connectivity index (χ2v) is 6.95. The highest BCUT2D eigenvalue weighted by molar-refractivity contribution is 5.95. The van der Waals surface area contributed by atoms with Gasteiger partial charge in [0.25, 0.3) is 0 Å². The third-order valence-corrected chi connectivity index (χ3v) is 4.81. The molecular weight excluding hydrogens is 364 g/mol. The van der Waals surface area contributed by atoms with Crippen LogP contribution in [0.25, 0.3) is 0 Å². The molecule has 2 aromatic carbocycles. The Morgan fingerprint density at radius 3 is 2.48 bits per heavy atom. The zero-order valence-corrected chi connectivity index (χ0v) is 16.5. The molecule has 29 heavy (non-hydrogen) atoms. The summed E-state index contributed by atoms with van der Waals surface area (Å²) in [4.78, 5) is 26.8. The van der Waals surface area contributed by atoms with Crippen molar-refractivity contribution < 1.29 is 14.3 Å². The van der Waals surface area contributed by atoms with E-state index >= 15 is 0 Å². The Labute approximate surface area is 171 Å². The molecule has 0 aromatic heterocycles. The number of hydrogen-bond acceptors (Lipinski definition) is 4. The first kappa shape index (κ1) is 20.8. The SMILES string of the molecule is NCCOCCC(=O)CCCC(=O)N1Cc2ccccc2C#Cc2ccccc21. The zero-order chi connectivity index (χ0) is 20.5. The van der Waals surface area contributed by atoms with Crippen LogP contribution in [0.3, 0.4) is 0 Å². The van der Waals surface area contributed by atoms with Crippen LogP contribution in [0.15, 0.2) is 48.5 Å². The average molecular weight is 390 g/mol. The first-order chi connectivity index (χ1) is 14.2. The van der Waals surface area contributed by atoms with Gasteiger partial charge in [-0.25, -0.2) is 0 Å². The van der Waals surface area contributed by atoms with Crippen LogP contribution in [0, 0.1) is 11.8 Å². The van der Waals surface area contributed by atoms with Crippen LogP contribution in [-0.2, 0) is 20.9 Å². The number of ketones is 1. The van der Waals surface area contributed by atoms with Crippen molar-refractivity contribution in [3.8, 4) is 11.8 Å². The summed E-state index contributed by atoms with van der Waals surface area (Å²) in [7, 11) is 0. The molecule has 5 nitrogen and oxygen atoms in total. The van der Waals surface area contributed by atoms with E-state index in [9.17, 15) is 9.59 Å². The van der Waals surface area contributed by atoms with Gasteiger partial charge in [-0.15, -0.1) is 0 Å². The molecule has 0 unspecified atom stereocenters. The number of fused-ring (bicyclic) bond motifs is 2. The van der Waals surface area contributed by atoms with E-state index in [-0.39, 0.29) is 11.7 Å². The number of rotatable bonds is 9.